The molecule has 1 aliphatic heterocycles. The largest absolute Gasteiger partial charge is 0.466 e. The summed E-state index contributed by atoms with van der Waals surface area (Å²) >= 11 is 3.48. The second-order valence-corrected chi connectivity index (χ2v) is 7.53. The van der Waals surface area contributed by atoms with Crippen LogP contribution < -0.4 is 0 Å². The number of unbranched alkanes of at least 4 members (excludes halogenated alkanes) is 1. The van der Waals surface area contributed by atoms with Crippen LogP contribution in [0, 0.1) is 0 Å². The summed E-state index contributed by atoms with van der Waals surface area (Å²) in [5, 5.41) is 0. The van der Waals surface area contributed by atoms with E-state index in [2.05, 4.69) is 11.7 Å². The van der Waals surface area contributed by atoms with Gasteiger partial charge in [-0.2, -0.15) is 0 Å². The van der Waals surface area contributed by atoms with Gasteiger partial charge in [0.05, 0.1) is 23.9 Å². The van der Waals surface area contributed by atoms with Gasteiger partial charge in [-0.15, -0.1) is 23.5 Å². The van der Waals surface area contributed by atoms with Gasteiger partial charge in [0.2, 0.25) is 0 Å². The average Bonchev–Trinajstić information content (AvgIpc) is 2.50. The van der Waals surface area contributed by atoms with Gasteiger partial charge in [-0.25, -0.2) is 9.59 Å². The summed E-state index contributed by atoms with van der Waals surface area (Å²) in [7, 11) is 2.66. The van der Waals surface area contributed by atoms with E-state index in [0.717, 1.165) is 37.2 Å². The normalized spacial score (nSPS) is 18.4. The number of esters is 2. The molecule has 1 aliphatic rings. The molecule has 114 valence electrons. The first-order chi connectivity index (χ1) is 9.59. The summed E-state index contributed by atoms with van der Waals surface area (Å²) in [6.45, 7) is 2.12. The van der Waals surface area contributed by atoms with Crippen molar-refractivity contribution in [3.8, 4) is 0 Å². The van der Waals surface area contributed by atoms with Crippen molar-refractivity contribution in [2.45, 2.75) is 36.7 Å². The molecule has 0 saturated carbocycles. The van der Waals surface area contributed by atoms with Crippen LogP contribution in [-0.4, -0.2) is 41.7 Å². The van der Waals surface area contributed by atoms with E-state index in [1.807, 2.05) is 0 Å². The Hall–Kier alpha value is -0.620. The summed E-state index contributed by atoms with van der Waals surface area (Å²) in [6, 6.07) is 0. The number of hydrogen-bond acceptors (Lipinski definition) is 6. The lowest BCUT2D eigenvalue weighted by atomic mass is 10.1. The van der Waals surface area contributed by atoms with Crippen molar-refractivity contribution in [2.24, 2.45) is 0 Å². The predicted octanol–water partition coefficient (Wildman–Crippen LogP) is 3.02. The van der Waals surface area contributed by atoms with Crippen LogP contribution in [0.3, 0.4) is 0 Å². The SMILES string of the molecule is CCCCC1(/C(=C\C(=O)OC)C(=O)OC)SCCCS1. The number of carbonyl (C=O) groups excluding carboxylic acids is 2. The molecule has 1 fully saturated rings. The Kier molecular flexibility index (Phi) is 7.51. The third-order valence-electron chi connectivity index (χ3n) is 3.10. The summed E-state index contributed by atoms with van der Waals surface area (Å²) in [5.74, 6) is 1.04. The maximum Gasteiger partial charge on any atom is 0.336 e. The van der Waals surface area contributed by atoms with Gasteiger partial charge in [-0.1, -0.05) is 19.8 Å². The van der Waals surface area contributed by atoms with Crippen molar-refractivity contribution >= 4 is 35.5 Å². The Morgan fingerprint density at radius 2 is 1.85 bits per heavy atom. The predicted molar refractivity (Wildman–Crippen MR) is 83.9 cm³/mol. The van der Waals surface area contributed by atoms with E-state index in [1.54, 1.807) is 23.5 Å². The molecule has 1 saturated heterocycles. The molecule has 0 unspecified atom stereocenters. The minimum Gasteiger partial charge on any atom is -0.466 e. The fourth-order valence-electron chi connectivity index (χ4n) is 2.03. The first-order valence-electron chi connectivity index (χ1n) is 6.76. The van der Waals surface area contributed by atoms with E-state index < -0.39 is 11.9 Å². The Labute approximate surface area is 129 Å². The first kappa shape index (κ1) is 17.4. The quantitative estimate of drug-likeness (QED) is 0.554. The number of carbonyl (C=O) groups is 2. The van der Waals surface area contributed by atoms with Crippen LogP contribution in [0.5, 0.6) is 0 Å². The molecule has 0 radical (unpaired) electrons. The maximum absolute atomic E-state index is 12.1. The summed E-state index contributed by atoms with van der Waals surface area (Å²) in [4.78, 5) is 23.7. The van der Waals surface area contributed by atoms with E-state index in [-0.39, 0.29) is 4.08 Å². The number of thioether (sulfide) groups is 2. The van der Waals surface area contributed by atoms with Crippen LogP contribution in [-0.2, 0) is 19.1 Å². The molecule has 6 heteroatoms. The zero-order chi connectivity index (χ0) is 15.0. The molecule has 0 aliphatic carbocycles. The van der Waals surface area contributed by atoms with Crippen LogP contribution in [0.4, 0.5) is 0 Å². The van der Waals surface area contributed by atoms with Gasteiger partial charge < -0.3 is 9.47 Å². The van der Waals surface area contributed by atoms with E-state index in [1.165, 1.54) is 20.3 Å². The molecule has 0 spiro atoms. The van der Waals surface area contributed by atoms with Gasteiger partial charge in [0.1, 0.15) is 0 Å². The van der Waals surface area contributed by atoms with E-state index in [9.17, 15) is 9.59 Å². The lowest BCUT2D eigenvalue weighted by Crippen LogP contribution is -2.33. The van der Waals surface area contributed by atoms with E-state index in [4.69, 9.17) is 4.74 Å². The van der Waals surface area contributed by atoms with Gasteiger partial charge in [0, 0.05) is 6.08 Å². The molecule has 1 rings (SSSR count). The topological polar surface area (TPSA) is 52.6 Å². The van der Waals surface area contributed by atoms with Crippen molar-refractivity contribution < 1.29 is 19.1 Å². The zero-order valence-corrected chi connectivity index (χ0v) is 13.9. The minimum atomic E-state index is -0.506. The monoisotopic (exact) mass is 318 g/mol. The van der Waals surface area contributed by atoms with Crippen molar-refractivity contribution in [3.63, 3.8) is 0 Å². The van der Waals surface area contributed by atoms with Crippen molar-refractivity contribution in [1.82, 2.24) is 0 Å². The highest BCUT2D eigenvalue weighted by Gasteiger charge is 2.41. The van der Waals surface area contributed by atoms with E-state index >= 15 is 0 Å². The van der Waals surface area contributed by atoms with Crippen LogP contribution in [0.25, 0.3) is 0 Å². The molecular weight excluding hydrogens is 296 g/mol. The highest BCUT2D eigenvalue weighted by Crippen LogP contribution is 2.51. The number of methoxy groups -OCH3 is 2. The Morgan fingerprint density at radius 3 is 2.35 bits per heavy atom. The Balaban J connectivity index is 3.11. The van der Waals surface area contributed by atoms with Gasteiger partial charge >= 0.3 is 11.9 Å². The lowest BCUT2D eigenvalue weighted by molar-refractivity contribution is -0.138. The third-order valence-corrected chi connectivity index (χ3v) is 6.57. The highest BCUT2D eigenvalue weighted by molar-refractivity contribution is 8.19. The van der Waals surface area contributed by atoms with Crippen molar-refractivity contribution in [2.75, 3.05) is 25.7 Å². The molecule has 0 atom stereocenters. The molecule has 0 aromatic heterocycles. The smallest absolute Gasteiger partial charge is 0.336 e. The van der Waals surface area contributed by atoms with Gasteiger partial charge in [0.15, 0.2) is 0 Å². The molecule has 0 aromatic rings. The average molecular weight is 318 g/mol. The molecule has 0 N–H and O–H groups in total. The second-order valence-electron chi connectivity index (χ2n) is 4.48. The third kappa shape index (κ3) is 4.45. The summed E-state index contributed by atoms with van der Waals surface area (Å²) in [6.07, 6.45) is 5.34. The van der Waals surface area contributed by atoms with E-state index in [0.29, 0.717) is 5.57 Å². The van der Waals surface area contributed by atoms with Crippen LogP contribution >= 0.6 is 23.5 Å². The molecule has 0 aromatic carbocycles. The van der Waals surface area contributed by atoms with Crippen LogP contribution in [0.2, 0.25) is 0 Å². The first-order valence-corrected chi connectivity index (χ1v) is 8.73. The minimum absolute atomic E-state index is 0.379. The molecule has 20 heavy (non-hydrogen) atoms. The zero-order valence-electron chi connectivity index (χ0n) is 12.3. The Morgan fingerprint density at radius 1 is 1.20 bits per heavy atom. The fourth-order valence-corrected chi connectivity index (χ4v) is 5.46. The van der Waals surface area contributed by atoms with Gasteiger partial charge in [0.25, 0.3) is 0 Å². The number of ether oxygens (including phenoxy) is 2. The van der Waals surface area contributed by atoms with Crippen LogP contribution in [0.1, 0.15) is 32.6 Å². The molecule has 0 amide bonds. The van der Waals surface area contributed by atoms with Crippen LogP contribution in [0.15, 0.2) is 11.6 Å². The van der Waals surface area contributed by atoms with Crippen molar-refractivity contribution in [3.05, 3.63) is 11.6 Å². The highest BCUT2D eigenvalue weighted by atomic mass is 32.2. The molecule has 1 heterocycles. The fraction of sp³-hybridized carbons (Fsp3) is 0.714. The van der Waals surface area contributed by atoms with Gasteiger partial charge in [-0.3, -0.25) is 0 Å². The lowest BCUT2D eigenvalue weighted by Gasteiger charge is -2.37. The van der Waals surface area contributed by atoms with Crippen molar-refractivity contribution in [1.29, 1.82) is 0 Å². The molecule has 4 nitrogen and oxygen atoms in total. The van der Waals surface area contributed by atoms with Gasteiger partial charge in [-0.05, 0) is 24.3 Å². The molecule has 0 bridgehead atoms. The molecular formula is C14H22O4S2. The standard InChI is InChI=1S/C14H22O4S2/c1-4-5-7-14(19-8-6-9-20-14)11(13(16)18-3)10-12(15)17-2/h10H,4-9H2,1-3H3/b11-10-. The second kappa shape index (κ2) is 8.62. The summed E-state index contributed by atoms with van der Waals surface area (Å²) in [5.41, 5.74) is 0.426. The number of hydrogen-bond donors (Lipinski definition) is 0. The number of rotatable bonds is 6. The maximum atomic E-state index is 12.1. The Bertz CT molecular complexity index is 373. The summed E-state index contributed by atoms with van der Waals surface area (Å²) < 4.78 is 9.17.